The summed E-state index contributed by atoms with van der Waals surface area (Å²) in [4.78, 5) is 17.4. The van der Waals surface area contributed by atoms with Crippen molar-refractivity contribution in [3.63, 3.8) is 0 Å². The van der Waals surface area contributed by atoms with Gasteiger partial charge in [0.15, 0.2) is 17.7 Å². The van der Waals surface area contributed by atoms with E-state index in [2.05, 4.69) is 10.3 Å². The number of carbonyl (C=O) groups excluding carboxylic acids is 1. The minimum atomic E-state index is -3.16. The molecule has 1 unspecified atom stereocenters. The van der Waals surface area contributed by atoms with Crippen LogP contribution in [0.2, 0.25) is 5.02 Å². The Labute approximate surface area is 210 Å². The number of anilines is 1. The van der Waals surface area contributed by atoms with Crippen LogP contribution in [0.25, 0.3) is 0 Å². The van der Waals surface area contributed by atoms with Crippen molar-refractivity contribution in [1.29, 1.82) is 0 Å². The largest absolute Gasteiger partial charge is 0.425 e. The van der Waals surface area contributed by atoms with E-state index in [0.29, 0.717) is 11.4 Å². The molecule has 0 fully saturated rings. The van der Waals surface area contributed by atoms with Crippen molar-refractivity contribution in [2.45, 2.75) is 32.5 Å². The molecule has 2 aromatic carbocycles. The fourth-order valence-electron chi connectivity index (χ4n) is 3.31. The molecular weight excluding hydrogens is 501 g/mol. The molecule has 36 heavy (non-hydrogen) atoms. The Bertz CT molecular complexity index is 1140. The Morgan fingerprint density at radius 2 is 1.83 bits per heavy atom. The highest BCUT2D eigenvalue weighted by molar-refractivity contribution is 6.30. The molecule has 0 bridgehead atoms. The highest BCUT2D eigenvalue weighted by atomic mass is 35.5. The van der Waals surface area contributed by atoms with Crippen LogP contribution in [0.3, 0.4) is 0 Å². The van der Waals surface area contributed by atoms with Gasteiger partial charge in [-0.25, -0.2) is 18.2 Å². The number of aromatic nitrogens is 2. The van der Waals surface area contributed by atoms with Crippen LogP contribution in [-0.4, -0.2) is 51.9 Å². The van der Waals surface area contributed by atoms with E-state index in [0.717, 1.165) is 10.6 Å². The summed E-state index contributed by atoms with van der Waals surface area (Å²) in [7, 11) is 0. The van der Waals surface area contributed by atoms with Gasteiger partial charge in [-0.2, -0.15) is 4.98 Å². The molecule has 0 saturated heterocycles. The molecule has 0 aliphatic carbocycles. The molecule has 3 N–H and O–H groups in total. The summed E-state index contributed by atoms with van der Waals surface area (Å²) in [5, 5.41) is 23.5. The van der Waals surface area contributed by atoms with Gasteiger partial charge >= 0.3 is 6.01 Å². The first kappa shape index (κ1) is 27.3. The van der Waals surface area contributed by atoms with Crippen LogP contribution < -0.4 is 15.1 Å². The van der Waals surface area contributed by atoms with Gasteiger partial charge in [0.1, 0.15) is 5.75 Å². The van der Waals surface area contributed by atoms with E-state index in [1.165, 1.54) is 28.8 Å². The third-order valence-electron chi connectivity index (χ3n) is 5.18. The number of hydroxylamine groups is 1. The molecule has 1 heterocycles. The van der Waals surface area contributed by atoms with E-state index in [-0.39, 0.29) is 55.1 Å². The third kappa shape index (κ3) is 6.68. The first-order chi connectivity index (χ1) is 17.2. The van der Waals surface area contributed by atoms with Gasteiger partial charge in [0.25, 0.3) is 12.3 Å². The molecule has 0 saturated carbocycles. The van der Waals surface area contributed by atoms with Crippen LogP contribution in [0, 0.1) is 0 Å². The van der Waals surface area contributed by atoms with E-state index in [1.807, 2.05) is 0 Å². The number of nitrogens with zero attached hydrogens (tertiary/aromatic N) is 3. The topological polar surface area (TPSA) is 99.9 Å². The standard InChI is InChI=1S/C24H26ClF3N4O4/c1-2-32(35)22-20(23(34)29-12-3-13-33)31(14-15-4-8-17(25)9-5-15)24(30-22)36-18-10-6-16(7-11-18)19(26)21(27)28/h4-11,19,21,33,35H,2-3,12-14H2,1H3,(H,29,34). The second kappa shape index (κ2) is 12.6. The van der Waals surface area contributed by atoms with Gasteiger partial charge in [0.05, 0.1) is 6.54 Å². The van der Waals surface area contributed by atoms with E-state index >= 15 is 0 Å². The van der Waals surface area contributed by atoms with Crippen LogP contribution in [-0.2, 0) is 6.54 Å². The molecule has 194 valence electrons. The second-order valence-electron chi connectivity index (χ2n) is 7.74. The lowest BCUT2D eigenvalue weighted by molar-refractivity contribution is 0.0495. The number of aliphatic hydroxyl groups is 1. The number of imidazole rings is 1. The first-order valence-electron chi connectivity index (χ1n) is 11.2. The van der Waals surface area contributed by atoms with Crippen molar-refractivity contribution in [2.24, 2.45) is 0 Å². The Morgan fingerprint density at radius 3 is 2.42 bits per heavy atom. The number of benzene rings is 2. The number of carbonyl (C=O) groups is 1. The molecular formula is C24H26ClF3N4O4. The van der Waals surface area contributed by atoms with Gasteiger partial charge in [-0.3, -0.25) is 14.6 Å². The maximum absolute atomic E-state index is 13.6. The van der Waals surface area contributed by atoms with Crippen LogP contribution in [0.5, 0.6) is 11.8 Å². The minimum Gasteiger partial charge on any atom is -0.425 e. The summed E-state index contributed by atoms with van der Waals surface area (Å²) in [6.07, 6.45) is -5.26. The maximum atomic E-state index is 13.6. The van der Waals surface area contributed by atoms with Gasteiger partial charge in [-0.05, 0) is 48.7 Å². The minimum absolute atomic E-state index is 0.000354. The van der Waals surface area contributed by atoms with Gasteiger partial charge in [0, 0.05) is 24.7 Å². The predicted octanol–water partition coefficient (Wildman–Crippen LogP) is 4.98. The number of amides is 1. The lowest BCUT2D eigenvalue weighted by Gasteiger charge is -2.15. The van der Waals surface area contributed by atoms with E-state index < -0.39 is 18.5 Å². The average molecular weight is 527 g/mol. The third-order valence-corrected chi connectivity index (χ3v) is 5.43. The number of hydrogen-bond acceptors (Lipinski definition) is 6. The number of ether oxygens (including phenoxy) is 1. The summed E-state index contributed by atoms with van der Waals surface area (Å²) >= 11 is 5.98. The Balaban J connectivity index is 2.03. The molecule has 12 heteroatoms. The molecule has 3 rings (SSSR count). The molecule has 1 atom stereocenters. The zero-order valence-corrected chi connectivity index (χ0v) is 20.1. The SMILES string of the molecule is CCN(O)c1nc(Oc2ccc(C(F)C(F)F)cc2)n(Cc2ccc(Cl)cc2)c1C(=O)NCCCO. The van der Waals surface area contributed by atoms with Crippen LogP contribution >= 0.6 is 11.6 Å². The van der Waals surface area contributed by atoms with Crippen molar-refractivity contribution in [2.75, 3.05) is 24.8 Å². The van der Waals surface area contributed by atoms with Crippen LogP contribution in [0.15, 0.2) is 48.5 Å². The number of alkyl halides is 3. The van der Waals surface area contributed by atoms with Crippen molar-refractivity contribution in [3.8, 4) is 11.8 Å². The zero-order chi connectivity index (χ0) is 26.2. The fourth-order valence-corrected chi connectivity index (χ4v) is 3.43. The van der Waals surface area contributed by atoms with Crippen molar-refractivity contribution >= 4 is 23.3 Å². The van der Waals surface area contributed by atoms with Crippen molar-refractivity contribution in [1.82, 2.24) is 14.9 Å². The van der Waals surface area contributed by atoms with Crippen LogP contribution in [0.1, 0.15) is 41.1 Å². The van der Waals surface area contributed by atoms with Gasteiger partial charge in [-0.15, -0.1) is 0 Å². The summed E-state index contributed by atoms with van der Waals surface area (Å²) < 4.78 is 46.3. The zero-order valence-electron chi connectivity index (χ0n) is 19.4. The fraction of sp³-hybridized carbons (Fsp3) is 0.333. The lowest BCUT2D eigenvalue weighted by atomic mass is 10.1. The summed E-state index contributed by atoms with van der Waals surface area (Å²) in [6.45, 7) is 1.93. The highest BCUT2D eigenvalue weighted by Gasteiger charge is 2.28. The quantitative estimate of drug-likeness (QED) is 0.227. The van der Waals surface area contributed by atoms with E-state index in [1.54, 1.807) is 31.2 Å². The number of rotatable bonds is 12. The van der Waals surface area contributed by atoms with Crippen molar-refractivity contribution in [3.05, 3.63) is 70.4 Å². The Morgan fingerprint density at radius 1 is 1.17 bits per heavy atom. The predicted molar refractivity (Wildman–Crippen MR) is 128 cm³/mol. The summed E-state index contributed by atoms with van der Waals surface area (Å²) in [6, 6.07) is 11.7. The van der Waals surface area contributed by atoms with Gasteiger partial charge < -0.3 is 15.2 Å². The smallest absolute Gasteiger partial charge is 0.304 e. The van der Waals surface area contributed by atoms with Crippen molar-refractivity contribution < 1.29 is 33.0 Å². The maximum Gasteiger partial charge on any atom is 0.304 e. The molecule has 1 aromatic heterocycles. The monoisotopic (exact) mass is 526 g/mol. The number of aliphatic hydroxyl groups excluding tert-OH is 1. The molecule has 3 aromatic rings. The Hall–Kier alpha value is -3.28. The number of nitrogens with one attached hydrogen (secondary N) is 1. The summed E-state index contributed by atoms with van der Waals surface area (Å²) in [5.41, 5.74) is 0.533. The lowest BCUT2D eigenvalue weighted by Crippen LogP contribution is -2.30. The second-order valence-corrected chi connectivity index (χ2v) is 8.17. The molecule has 8 nitrogen and oxygen atoms in total. The van der Waals surface area contributed by atoms with E-state index in [9.17, 15) is 23.2 Å². The van der Waals surface area contributed by atoms with Gasteiger partial charge in [-0.1, -0.05) is 35.9 Å². The van der Waals surface area contributed by atoms with Crippen LogP contribution in [0.4, 0.5) is 19.0 Å². The average Bonchev–Trinajstić information content (AvgIpc) is 3.22. The number of hydrogen-bond donors (Lipinski definition) is 3. The molecule has 0 aliphatic rings. The Kier molecular flexibility index (Phi) is 9.57. The first-order valence-corrected chi connectivity index (χ1v) is 11.5. The molecule has 0 spiro atoms. The molecule has 0 aliphatic heterocycles. The highest BCUT2D eigenvalue weighted by Crippen LogP contribution is 2.32. The number of halogens is 4. The van der Waals surface area contributed by atoms with E-state index in [4.69, 9.17) is 21.4 Å². The van der Waals surface area contributed by atoms with Gasteiger partial charge in [0.2, 0.25) is 0 Å². The molecule has 1 amide bonds. The molecule has 0 radical (unpaired) electrons. The normalized spacial score (nSPS) is 12.0. The summed E-state index contributed by atoms with van der Waals surface area (Å²) in [5.74, 6) is -0.474.